The Morgan fingerprint density at radius 3 is 2.50 bits per heavy atom. The van der Waals surface area contributed by atoms with Crippen LogP contribution in [0.3, 0.4) is 0 Å². The van der Waals surface area contributed by atoms with Gasteiger partial charge in [0, 0.05) is 12.2 Å². The number of pyridine rings is 1. The minimum Gasteiger partial charge on any atom is -0.492 e. The van der Waals surface area contributed by atoms with E-state index < -0.39 is 5.91 Å². The van der Waals surface area contributed by atoms with Crippen LogP contribution in [0.5, 0.6) is 5.75 Å². The number of carbonyl (C=O) groups excluding carboxylic acids is 1. The molecular weight excluding hydrogens is 400 g/mol. The highest BCUT2D eigenvalue weighted by Gasteiger charge is 2.17. The van der Waals surface area contributed by atoms with E-state index in [0.717, 1.165) is 49.5 Å². The average Bonchev–Trinajstić information content (AvgIpc) is 2.80. The number of hydrogen-bond acceptors (Lipinski definition) is 5. The van der Waals surface area contributed by atoms with E-state index in [2.05, 4.69) is 36.0 Å². The first-order valence-corrected chi connectivity index (χ1v) is 11.3. The van der Waals surface area contributed by atoms with Gasteiger partial charge in [-0.1, -0.05) is 45.4 Å². The molecule has 0 aliphatic heterocycles. The molecule has 2 rings (SSSR count). The Bertz CT molecular complexity index is 928. The molecule has 0 spiro atoms. The van der Waals surface area contributed by atoms with Gasteiger partial charge in [0.25, 0.3) is 5.91 Å². The Kier molecular flexibility index (Phi) is 10.4. The molecule has 0 fully saturated rings. The number of aromatic nitrogens is 1. The van der Waals surface area contributed by atoms with Crippen LogP contribution in [0.15, 0.2) is 48.0 Å². The van der Waals surface area contributed by atoms with Gasteiger partial charge in [-0.3, -0.25) is 9.78 Å². The summed E-state index contributed by atoms with van der Waals surface area (Å²) in [6, 6.07) is 15.2. The highest BCUT2D eigenvalue weighted by Crippen LogP contribution is 2.22. The molecule has 0 bridgehead atoms. The Balaban J connectivity index is 2.05. The number of nitrogens with one attached hydrogen (secondary N) is 1. The number of amides is 1. The fourth-order valence-electron chi connectivity index (χ4n) is 3.42. The van der Waals surface area contributed by atoms with Gasteiger partial charge in [0.1, 0.15) is 24.0 Å². The van der Waals surface area contributed by atoms with E-state index in [9.17, 15) is 10.1 Å². The highest BCUT2D eigenvalue weighted by molar-refractivity contribution is 6.01. The van der Waals surface area contributed by atoms with Crippen LogP contribution in [0, 0.1) is 18.3 Å². The maximum absolute atomic E-state index is 12.8. The molecule has 0 saturated carbocycles. The van der Waals surface area contributed by atoms with Crippen LogP contribution in [0.4, 0.5) is 0 Å². The van der Waals surface area contributed by atoms with Crippen molar-refractivity contribution in [2.45, 2.75) is 46.6 Å². The smallest absolute Gasteiger partial charge is 0.262 e. The molecule has 1 aromatic heterocycles. The summed E-state index contributed by atoms with van der Waals surface area (Å²) >= 11 is 0. The molecule has 1 unspecified atom stereocenters. The molecule has 32 heavy (non-hydrogen) atoms. The quantitative estimate of drug-likeness (QED) is 0.388. The Morgan fingerprint density at radius 2 is 1.91 bits per heavy atom. The van der Waals surface area contributed by atoms with Crippen molar-refractivity contribution in [1.29, 1.82) is 5.26 Å². The summed E-state index contributed by atoms with van der Waals surface area (Å²) in [5.41, 5.74) is 2.46. The van der Waals surface area contributed by atoms with Gasteiger partial charge < -0.3 is 15.0 Å². The minimum absolute atomic E-state index is 0.0422. The van der Waals surface area contributed by atoms with E-state index >= 15 is 0 Å². The van der Waals surface area contributed by atoms with E-state index in [4.69, 9.17) is 4.74 Å². The van der Waals surface area contributed by atoms with E-state index in [1.165, 1.54) is 6.08 Å². The van der Waals surface area contributed by atoms with Gasteiger partial charge >= 0.3 is 0 Å². The van der Waals surface area contributed by atoms with Gasteiger partial charge in [-0.25, -0.2) is 0 Å². The van der Waals surface area contributed by atoms with Crippen molar-refractivity contribution in [3.63, 3.8) is 0 Å². The predicted octanol–water partition coefficient (Wildman–Crippen LogP) is 4.68. The number of nitriles is 1. The average molecular weight is 435 g/mol. The molecule has 1 amide bonds. The summed E-state index contributed by atoms with van der Waals surface area (Å²) in [6.45, 7) is 11.8. The molecule has 0 saturated heterocycles. The third kappa shape index (κ3) is 7.82. The molecule has 2 aromatic rings. The first-order valence-electron chi connectivity index (χ1n) is 11.3. The number of hydrogen-bond donors (Lipinski definition) is 1. The fraction of sp³-hybridized carbons (Fsp3) is 0.423. The minimum atomic E-state index is -0.395. The highest BCUT2D eigenvalue weighted by atomic mass is 16.5. The summed E-state index contributed by atoms with van der Waals surface area (Å²) in [4.78, 5) is 19.5. The van der Waals surface area contributed by atoms with Crippen LogP contribution < -0.4 is 10.1 Å². The number of benzene rings is 1. The maximum Gasteiger partial charge on any atom is 0.262 e. The lowest BCUT2D eigenvalue weighted by atomic mass is 10.0. The summed E-state index contributed by atoms with van der Waals surface area (Å²) in [6.07, 6.45) is 3.20. The van der Waals surface area contributed by atoms with E-state index in [1.807, 2.05) is 49.4 Å². The van der Waals surface area contributed by atoms with Crippen LogP contribution in [0.25, 0.3) is 6.08 Å². The molecule has 1 atom stereocenters. The van der Waals surface area contributed by atoms with Crippen molar-refractivity contribution < 1.29 is 9.53 Å². The molecule has 1 aromatic carbocycles. The predicted molar refractivity (Wildman–Crippen MR) is 128 cm³/mol. The SMILES string of the molecule is CCCC(NC(=O)/C(C#N)=C/c1cccc(C)n1)c1ccc(OCCN(CC)CC)cc1. The molecule has 6 heteroatoms. The zero-order chi connectivity index (χ0) is 23.3. The van der Waals surface area contributed by atoms with Crippen molar-refractivity contribution in [2.24, 2.45) is 0 Å². The first-order chi connectivity index (χ1) is 15.5. The number of ether oxygens (including phenoxy) is 1. The number of rotatable bonds is 12. The molecule has 0 aliphatic carbocycles. The lowest BCUT2D eigenvalue weighted by Gasteiger charge is -2.20. The van der Waals surface area contributed by atoms with Crippen LogP contribution in [0.2, 0.25) is 0 Å². The van der Waals surface area contributed by atoms with Crippen LogP contribution in [-0.2, 0) is 4.79 Å². The molecule has 170 valence electrons. The standard InChI is InChI=1S/C26H34N4O2/c1-5-9-25(21-12-14-24(15-13-21)32-17-16-30(6-2)7-3)29-26(31)22(19-27)18-23-11-8-10-20(4)28-23/h8,10-15,18,25H,5-7,9,16-17H2,1-4H3,(H,29,31)/b22-18+. The summed E-state index contributed by atoms with van der Waals surface area (Å²) in [5.74, 6) is 0.416. The van der Waals surface area contributed by atoms with Crippen LogP contribution in [0.1, 0.15) is 56.6 Å². The van der Waals surface area contributed by atoms with Gasteiger partial charge in [0.15, 0.2) is 0 Å². The number of nitrogens with zero attached hydrogens (tertiary/aromatic N) is 3. The molecule has 6 nitrogen and oxygen atoms in total. The Morgan fingerprint density at radius 1 is 1.19 bits per heavy atom. The second-order valence-corrected chi connectivity index (χ2v) is 7.63. The van der Waals surface area contributed by atoms with Crippen molar-refractivity contribution in [1.82, 2.24) is 15.2 Å². The van der Waals surface area contributed by atoms with E-state index in [1.54, 1.807) is 6.07 Å². The van der Waals surface area contributed by atoms with Gasteiger partial charge in [0.2, 0.25) is 0 Å². The fourth-order valence-corrected chi connectivity index (χ4v) is 3.42. The van der Waals surface area contributed by atoms with Crippen LogP contribution in [-0.4, -0.2) is 42.0 Å². The summed E-state index contributed by atoms with van der Waals surface area (Å²) in [5, 5.41) is 12.5. The normalized spacial score (nSPS) is 12.3. The second-order valence-electron chi connectivity index (χ2n) is 7.63. The Hall–Kier alpha value is -3.17. The summed E-state index contributed by atoms with van der Waals surface area (Å²) in [7, 11) is 0. The van der Waals surface area contributed by atoms with Gasteiger partial charge in [-0.15, -0.1) is 0 Å². The summed E-state index contributed by atoms with van der Waals surface area (Å²) < 4.78 is 5.86. The molecule has 1 heterocycles. The van der Waals surface area contributed by atoms with E-state index in [0.29, 0.717) is 12.3 Å². The zero-order valence-corrected chi connectivity index (χ0v) is 19.6. The van der Waals surface area contributed by atoms with Crippen LogP contribution >= 0.6 is 0 Å². The zero-order valence-electron chi connectivity index (χ0n) is 19.6. The lowest BCUT2D eigenvalue weighted by Crippen LogP contribution is -2.29. The van der Waals surface area contributed by atoms with Gasteiger partial charge in [-0.05, 0) is 62.3 Å². The molecule has 0 aliphatic rings. The monoisotopic (exact) mass is 434 g/mol. The second kappa shape index (κ2) is 13.3. The first kappa shape index (κ1) is 25.1. The van der Waals surface area contributed by atoms with Gasteiger partial charge in [0.05, 0.1) is 11.7 Å². The van der Waals surface area contributed by atoms with Crippen molar-refractivity contribution in [3.05, 3.63) is 65.0 Å². The number of aryl methyl sites for hydroxylation is 1. The van der Waals surface area contributed by atoms with Crippen molar-refractivity contribution in [2.75, 3.05) is 26.2 Å². The molecule has 1 N–H and O–H groups in total. The third-order valence-electron chi connectivity index (χ3n) is 5.30. The number of carbonyl (C=O) groups is 1. The van der Waals surface area contributed by atoms with E-state index in [-0.39, 0.29) is 11.6 Å². The van der Waals surface area contributed by atoms with Gasteiger partial charge in [-0.2, -0.15) is 5.26 Å². The maximum atomic E-state index is 12.8. The lowest BCUT2D eigenvalue weighted by molar-refractivity contribution is -0.117. The molecular formula is C26H34N4O2. The third-order valence-corrected chi connectivity index (χ3v) is 5.30. The van der Waals surface area contributed by atoms with Crippen molar-refractivity contribution >= 4 is 12.0 Å². The largest absolute Gasteiger partial charge is 0.492 e. The number of likely N-dealkylation sites (N-methyl/N-ethyl adjacent to an activating group) is 1. The molecule has 0 radical (unpaired) electrons. The Labute approximate surface area is 191 Å². The topological polar surface area (TPSA) is 78.2 Å². The van der Waals surface area contributed by atoms with Crippen molar-refractivity contribution in [3.8, 4) is 11.8 Å².